The van der Waals surface area contributed by atoms with Crippen molar-refractivity contribution >= 4 is 43.9 Å². The molecule has 3 aromatic heterocycles. The predicted molar refractivity (Wildman–Crippen MR) is 129 cm³/mol. The molecule has 0 bridgehead atoms. The molecule has 0 amide bonds. The minimum absolute atomic E-state index is 0.682. The lowest BCUT2D eigenvalue weighted by molar-refractivity contribution is 0.662. The maximum absolute atomic E-state index is 6.35. The summed E-state index contributed by atoms with van der Waals surface area (Å²) in [5, 5.41) is 3.36. The van der Waals surface area contributed by atoms with Crippen LogP contribution in [0.5, 0.6) is 0 Å². The van der Waals surface area contributed by atoms with Crippen molar-refractivity contribution in [2.75, 3.05) is 0 Å². The van der Waals surface area contributed by atoms with Crippen molar-refractivity contribution < 1.29 is 4.42 Å². The molecule has 3 heterocycles. The third-order valence-corrected chi connectivity index (χ3v) is 6.03. The van der Waals surface area contributed by atoms with E-state index in [4.69, 9.17) is 14.4 Å². The maximum atomic E-state index is 6.35. The van der Waals surface area contributed by atoms with Crippen molar-refractivity contribution in [3.8, 4) is 17.2 Å². The highest BCUT2D eigenvalue weighted by Gasteiger charge is 2.21. The summed E-state index contributed by atoms with van der Waals surface area (Å²) in [6.07, 6.45) is 0. The summed E-state index contributed by atoms with van der Waals surface area (Å²) >= 11 is 0. The smallest absolute Gasteiger partial charge is 0.197 e. The number of para-hydroxylation sites is 3. The fraction of sp³-hybridized carbons (Fsp3) is 0. The van der Waals surface area contributed by atoms with Gasteiger partial charge in [-0.25, -0.2) is 9.97 Å². The van der Waals surface area contributed by atoms with Crippen LogP contribution in [-0.2, 0) is 0 Å². The molecule has 0 N–H and O–H groups in total. The number of benzene rings is 4. The summed E-state index contributed by atoms with van der Waals surface area (Å²) < 4.78 is 8.55. The molecule has 0 unspecified atom stereocenters. The van der Waals surface area contributed by atoms with Crippen LogP contribution in [0.3, 0.4) is 0 Å². The Bertz CT molecular complexity index is 1720. The molecule has 0 aliphatic carbocycles. The van der Waals surface area contributed by atoms with Crippen LogP contribution >= 0.6 is 0 Å². The third kappa shape index (κ3) is 2.38. The van der Waals surface area contributed by atoms with Gasteiger partial charge >= 0.3 is 0 Å². The minimum atomic E-state index is 0.682. The zero-order chi connectivity index (χ0) is 21.1. The highest BCUT2D eigenvalue weighted by Crippen LogP contribution is 2.37. The highest BCUT2D eigenvalue weighted by atomic mass is 16.3. The zero-order valence-electron chi connectivity index (χ0n) is 17.1. The lowest BCUT2D eigenvalue weighted by atomic mass is 10.2. The standard InChI is InChI=1S/C28H17N3O/c1-2-10-18(11-3-1)27-29-25-21-14-6-9-17-24(21)32-26(25)28(30-27)31-22-15-7-4-12-19(22)20-13-5-8-16-23(20)31/h1-17H. The van der Waals surface area contributed by atoms with E-state index in [1.807, 2.05) is 48.5 Å². The summed E-state index contributed by atoms with van der Waals surface area (Å²) in [7, 11) is 0. The first-order valence-electron chi connectivity index (χ1n) is 10.6. The van der Waals surface area contributed by atoms with E-state index in [1.54, 1.807) is 0 Å². The fourth-order valence-corrected chi connectivity index (χ4v) is 4.60. The number of hydrogen-bond acceptors (Lipinski definition) is 3. The number of furan rings is 1. The number of aromatic nitrogens is 3. The summed E-state index contributed by atoms with van der Waals surface area (Å²) in [5.41, 5.74) is 5.48. The van der Waals surface area contributed by atoms with Gasteiger partial charge in [-0.15, -0.1) is 0 Å². The van der Waals surface area contributed by atoms with Gasteiger partial charge in [0.15, 0.2) is 17.2 Å². The van der Waals surface area contributed by atoms with E-state index in [1.165, 1.54) is 10.8 Å². The van der Waals surface area contributed by atoms with Crippen molar-refractivity contribution in [2.24, 2.45) is 0 Å². The first-order valence-corrected chi connectivity index (χ1v) is 10.6. The van der Waals surface area contributed by atoms with Gasteiger partial charge in [-0.05, 0) is 24.3 Å². The molecule has 7 aromatic rings. The molecule has 0 saturated carbocycles. The molecule has 0 saturated heterocycles. The van der Waals surface area contributed by atoms with E-state index in [0.29, 0.717) is 11.4 Å². The Hall–Kier alpha value is -4.44. The van der Waals surface area contributed by atoms with E-state index in [0.717, 1.165) is 38.9 Å². The molecule has 0 aliphatic heterocycles. The number of nitrogens with zero attached hydrogens (tertiary/aromatic N) is 3. The first kappa shape index (κ1) is 17.3. The highest BCUT2D eigenvalue weighted by molar-refractivity contribution is 6.11. The second kappa shape index (κ2) is 6.53. The molecule has 0 atom stereocenters. The van der Waals surface area contributed by atoms with Crippen molar-refractivity contribution in [3.05, 3.63) is 103 Å². The molecule has 32 heavy (non-hydrogen) atoms. The van der Waals surface area contributed by atoms with Crippen molar-refractivity contribution in [3.63, 3.8) is 0 Å². The zero-order valence-corrected chi connectivity index (χ0v) is 17.1. The third-order valence-electron chi connectivity index (χ3n) is 6.03. The summed E-state index contributed by atoms with van der Waals surface area (Å²) in [6, 6.07) is 35.0. The van der Waals surface area contributed by atoms with Crippen LogP contribution in [-0.4, -0.2) is 14.5 Å². The van der Waals surface area contributed by atoms with Crippen molar-refractivity contribution in [1.82, 2.24) is 14.5 Å². The average molecular weight is 411 g/mol. The van der Waals surface area contributed by atoms with Crippen LogP contribution in [0.15, 0.2) is 108 Å². The van der Waals surface area contributed by atoms with E-state index in [-0.39, 0.29) is 0 Å². The van der Waals surface area contributed by atoms with Gasteiger partial charge in [0.2, 0.25) is 0 Å². The lowest BCUT2D eigenvalue weighted by Crippen LogP contribution is -2.01. The Labute approximate surface area is 183 Å². The van der Waals surface area contributed by atoms with Crippen LogP contribution in [0.25, 0.3) is 61.1 Å². The number of rotatable bonds is 2. The van der Waals surface area contributed by atoms with E-state index in [9.17, 15) is 0 Å². The molecule has 4 aromatic carbocycles. The van der Waals surface area contributed by atoms with E-state index < -0.39 is 0 Å². The molecule has 0 aliphatic rings. The normalized spacial score (nSPS) is 11.8. The van der Waals surface area contributed by atoms with Crippen LogP contribution < -0.4 is 0 Å². The van der Waals surface area contributed by atoms with Gasteiger partial charge < -0.3 is 4.42 Å². The quantitative estimate of drug-likeness (QED) is 0.304. The predicted octanol–water partition coefficient (Wildman–Crippen LogP) is 7.14. The first-order chi connectivity index (χ1) is 15.9. The number of fused-ring (bicyclic) bond motifs is 6. The minimum Gasteiger partial charge on any atom is -0.450 e. The largest absolute Gasteiger partial charge is 0.450 e. The van der Waals surface area contributed by atoms with Crippen LogP contribution in [0.1, 0.15) is 0 Å². The van der Waals surface area contributed by atoms with Gasteiger partial charge in [-0.2, -0.15) is 0 Å². The Morgan fingerprint density at radius 2 is 1.16 bits per heavy atom. The Morgan fingerprint density at radius 1 is 0.562 bits per heavy atom. The molecular weight excluding hydrogens is 394 g/mol. The van der Waals surface area contributed by atoms with Crippen LogP contribution in [0.2, 0.25) is 0 Å². The Morgan fingerprint density at radius 3 is 1.88 bits per heavy atom. The van der Waals surface area contributed by atoms with Crippen molar-refractivity contribution in [1.29, 1.82) is 0 Å². The molecule has 4 heteroatoms. The maximum Gasteiger partial charge on any atom is 0.197 e. The molecule has 7 rings (SSSR count). The topological polar surface area (TPSA) is 43.9 Å². The fourth-order valence-electron chi connectivity index (χ4n) is 4.60. The van der Waals surface area contributed by atoms with Crippen LogP contribution in [0.4, 0.5) is 0 Å². The van der Waals surface area contributed by atoms with Gasteiger partial charge in [-0.3, -0.25) is 4.57 Å². The second-order valence-electron chi connectivity index (χ2n) is 7.88. The average Bonchev–Trinajstić information content (AvgIpc) is 3.40. The Balaban J connectivity index is 1.69. The molecule has 0 radical (unpaired) electrons. The summed E-state index contributed by atoms with van der Waals surface area (Å²) in [4.78, 5) is 10.0. The molecule has 4 nitrogen and oxygen atoms in total. The van der Waals surface area contributed by atoms with Crippen molar-refractivity contribution in [2.45, 2.75) is 0 Å². The second-order valence-corrected chi connectivity index (χ2v) is 7.88. The van der Waals surface area contributed by atoms with Gasteiger partial charge in [-0.1, -0.05) is 78.9 Å². The molecule has 0 fully saturated rings. The molecule has 150 valence electrons. The van der Waals surface area contributed by atoms with Gasteiger partial charge in [0.05, 0.1) is 11.0 Å². The van der Waals surface area contributed by atoms with Crippen LogP contribution in [0, 0.1) is 0 Å². The van der Waals surface area contributed by atoms with E-state index in [2.05, 4.69) is 59.2 Å². The summed E-state index contributed by atoms with van der Waals surface area (Å²) in [6.45, 7) is 0. The molecular formula is C28H17N3O. The lowest BCUT2D eigenvalue weighted by Gasteiger charge is -2.09. The SMILES string of the molecule is c1ccc(-c2nc(-n3c4ccccc4c4ccccc43)c3oc4ccccc4c3n2)cc1. The van der Waals surface area contributed by atoms with Gasteiger partial charge in [0, 0.05) is 21.7 Å². The van der Waals surface area contributed by atoms with Gasteiger partial charge in [0.25, 0.3) is 0 Å². The number of hydrogen-bond donors (Lipinski definition) is 0. The Kier molecular flexibility index (Phi) is 3.52. The summed E-state index contributed by atoms with van der Waals surface area (Å²) in [5.74, 6) is 1.43. The molecule has 0 spiro atoms. The van der Waals surface area contributed by atoms with E-state index >= 15 is 0 Å². The van der Waals surface area contributed by atoms with Gasteiger partial charge in [0.1, 0.15) is 11.1 Å². The monoisotopic (exact) mass is 411 g/mol.